The summed E-state index contributed by atoms with van der Waals surface area (Å²) >= 11 is 0. The summed E-state index contributed by atoms with van der Waals surface area (Å²) in [6.45, 7) is 6.27. The average Bonchev–Trinajstić information content (AvgIpc) is 2.77. The van der Waals surface area contributed by atoms with E-state index in [1.165, 1.54) is 5.56 Å². The molecule has 0 aliphatic heterocycles. The summed E-state index contributed by atoms with van der Waals surface area (Å²) in [6.07, 6.45) is 2.03. The fraction of sp³-hybridized carbons (Fsp3) is 0.235. The monoisotopic (exact) mass is 281 g/mol. The molecule has 4 heteroatoms. The molecule has 2 aromatic heterocycles. The number of nitrogens with one attached hydrogen (secondary N) is 1. The van der Waals surface area contributed by atoms with Crippen molar-refractivity contribution in [1.29, 1.82) is 0 Å². The van der Waals surface area contributed by atoms with Gasteiger partial charge in [0.15, 0.2) is 0 Å². The first kappa shape index (κ1) is 13.5. The first-order valence-corrected chi connectivity index (χ1v) is 7.09. The number of phenolic OH excluding ortho intramolecular Hbond substituents is 1. The topological polar surface area (TPSA) is 49.6 Å². The van der Waals surface area contributed by atoms with E-state index in [1.54, 1.807) is 12.1 Å². The highest BCUT2D eigenvalue weighted by Crippen LogP contribution is 2.30. The van der Waals surface area contributed by atoms with Crippen LogP contribution in [0.2, 0.25) is 0 Å². The molecule has 0 bridgehead atoms. The van der Waals surface area contributed by atoms with Crippen LogP contribution in [0, 0.1) is 6.92 Å². The average molecular weight is 281 g/mol. The summed E-state index contributed by atoms with van der Waals surface area (Å²) in [4.78, 5) is 4.75. The number of aromatic hydroxyl groups is 1. The number of anilines is 1. The lowest BCUT2D eigenvalue weighted by molar-refractivity contribution is 0.475. The molecule has 0 aliphatic rings. The van der Waals surface area contributed by atoms with E-state index in [1.807, 2.05) is 18.3 Å². The van der Waals surface area contributed by atoms with Gasteiger partial charge in [0.05, 0.1) is 0 Å². The number of benzene rings is 1. The van der Waals surface area contributed by atoms with Crippen LogP contribution in [0.5, 0.6) is 5.75 Å². The molecular weight excluding hydrogens is 262 g/mol. The minimum absolute atomic E-state index is 0.261. The number of pyridine rings is 1. The van der Waals surface area contributed by atoms with Crippen LogP contribution >= 0.6 is 0 Å². The van der Waals surface area contributed by atoms with E-state index in [2.05, 4.69) is 42.6 Å². The third-order valence-electron chi connectivity index (χ3n) is 3.35. The van der Waals surface area contributed by atoms with Crippen molar-refractivity contribution in [3.05, 3.63) is 48.2 Å². The number of nitrogens with zero attached hydrogens (tertiary/aromatic N) is 2. The Bertz CT molecular complexity index is 773. The van der Waals surface area contributed by atoms with Crippen LogP contribution in [0.1, 0.15) is 19.4 Å². The van der Waals surface area contributed by atoms with E-state index in [0.717, 1.165) is 22.7 Å². The number of imidazole rings is 1. The summed E-state index contributed by atoms with van der Waals surface area (Å²) in [5.74, 6) is 1.24. The van der Waals surface area contributed by atoms with Crippen LogP contribution in [0.4, 0.5) is 5.82 Å². The van der Waals surface area contributed by atoms with Crippen LogP contribution in [0.25, 0.3) is 16.9 Å². The summed E-state index contributed by atoms with van der Waals surface area (Å²) in [7, 11) is 0. The lowest BCUT2D eigenvalue weighted by Crippen LogP contribution is -2.12. The highest BCUT2D eigenvalue weighted by atomic mass is 16.3. The van der Waals surface area contributed by atoms with E-state index < -0.39 is 0 Å². The second-order valence-electron chi connectivity index (χ2n) is 5.59. The number of hydrogen-bond acceptors (Lipinski definition) is 3. The van der Waals surface area contributed by atoms with Gasteiger partial charge in [0.25, 0.3) is 0 Å². The molecule has 2 heterocycles. The van der Waals surface area contributed by atoms with Gasteiger partial charge in [0.2, 0.25) is 0 Å². The molecule has 0 aliphatic carbocycles. The van der Waals surface area contributed by atoms with Gasteiger partial charge in [-0.1, -0.05) is 0 Å². The van der Waals surface area contributed by atoms with E-state index in [4.69, 9.17) is 4.98 Å². The largest absolute Gasteiger partial charge is 0.508 e. The van der Waals surface area contributed by atoms with Crippen LogP contribution in [-0.2, 0) is 0 Å². The Labute approximate surface area is 124 Å². The quantitative estimate of drug-likeness (QED) is 0.767. The third kappa shape index (κ3) is 2.57. The number of phenols is 1. The summed E-state index contributed by atoms with van der Waals surface area (Å²) in [5.41, 5.74) is 3.98. The predicted octanol–water partition coefficient (Wildman–Crippen LogP) is 3.84. The Morgan fingerprint density at radius 2 is 1.86 bits per heavy atom. The molecule has 0 unspecified atom stereocenters. The summed E-state index contributed by atoms with van der Waals surface area (Å²) < 4.78 is 2.06. The van der Waals surface area contributed by atoms with Crippen molar-refractivity contribution in [2.24, 2.45) is 0 Å². The van der Waals surface area contributed by atoms with Crippen molar-refractivity contribution >= 4 is 11.5 Å². The number of hydrogen-bond donors (Lipinski definition) is 2. The maximum absolute atomic E-state index is 9.45. The van der Waals surface area contributed by atoms with Crippen molar-refractivity contribution in [1.82, 2.24) is 9.38 Å². The Kier molecular flexibility index (Phi) is 3.29. The van der Waals surface area contributed by atoms with E-state index >= 15 is 0 Å². The van der Waals surface area contributed by atoms with Gasteiger partial charge in [-0.15, -0.1) is 0 Å². The molecule has 0 spiro atoms. The first-order valence-electron chi connectivity index (χ1n) is 7.09. The second-order valence-corrected chi connectivity index (χ2v) is 5.59. The van der Waals surface area contributed by atoms with Crippen LogP contribution in [0.15, 0.2) is 42.6 Å². The van der Waals surface area contributed by atoms with E-state index in [-0.39, 0.29) is 5.75 Å². The molecule has 108 valence electrons. The lowest BCUT2D eigenvalue weighted by atomic mass is 10.1. The van der Waals surface area contributed by atoms with Gasteiger partial charge in [-0.3, -0.25) is 4.40 Å². The molecule has 1 aromatic carbocycles. The maximum atomic E-state index is 9.45. The Morgan fingerprint density at radius 3 is 2.52 bits per heavy atom. The van der Waals surface area contributed by atoms with E-state index in [0.29, 0.717) is 6.04 Å². The minimum Gasteiger partial charge on any atom is -0.508 e. The van der Waals surface area contributed by atoms with Crippen molar-refractivity contribution in [3.8, 4) is 17.0 Å². The van der Waals surface area contributed by atoms with Gasteiger partial charge in [-0.25, -0.2) is 4.98 Å². The zero-order valence-corrected chi connectivity index (χ0v) is 12.5. The molecule has 21 heavy (non-hydrogen) atoms. The zero-order chi connectivity index (χ0) is 15.0. The summed E-state index contributed by atoms with van der Waals surface area (Å²) in [6, 6.07) is 11.6. The van der Waals surface area contributed by atoms with Crippen LogP contribution < -0.4 is 5.32 Å². The molecule has 0 atom stereocenters. The van der Waals surface area contributed by atoms with Crippen molar-refractivity contribution in [2.45, 2.75) is 26.8 Å². The Morgan fingerprint density at radius 1 is 1.14 bits per heavy atom. The normalized spacial score (nSPS) is 11.2. The molecule has 0 fully saturated rings. The molecule has 4 nitrogen and oxygen atoms in total. The van der Waals surface area contributed by atoms with Crippen molar-refractivity contribution in [2.75, 3.05) is 5.32 Å². The molecule has 2 N–H and O–H groups in total. The van der Waals surface area contributed by atoms with Gasteiger partial charge in [-0.2, -0.15) is 0 Å². The minimum atomic E-state index is 0.261. The lowest BCUT2D eigenvalue weighted by Gasteiger charge is -2.12. The first-order chi connectivity index (χ1) is 10.0. The Balaban J connectivity index is 2.22. The van der Waals surface area contributed by atoms with E-state index in [9.17, 15) is 5.11 Å². The number of aryl methyl sites for hydroxylation is 1. The fourth-order valence-electron chi connectivity index (χ4n) is 2.38. The van der Waals surface area contributed by atoms with Gasteiger partial charge >= 0.3 is 0 Å². The van der Waals surface area contributed by atoms with Gasteiger partial charge in [0, 0.05) is 17.8 Å². The van der Waals surface area contributed by atoms with Crippen LogP contribution in [0.3, 0.4) is 0 Å². The molecule has 0 saturated carbocycles. The zero-order valence-electron chi connectivity index (χ0n) is 12.5. The van der Waals surface area contributed by atoms with Gasteiger partial charge in [0.1, 0.15) is 22.9 Å². The van der Waals surface area contributed by atoms with Crippen LogP contribution in [-0.4, -0.2) is 20.5 Å². The van der Waals surface area contributed by atoms with Gasteiger partial charge < -0.3 is 10.4 Å². The van der Waals surface area contributed by atoms with Crippen molar-refractivity contribution in [3.63, 3.8) is 0 Å². The molecule has 3 aromatic rings. The van der Waals surface area contributed by atoms with Gasteiger partial charge in [-0.05, 0) is 62.7 Å². The second kappa shape index (κ2) is 5.13. The molecular formula is C17H19N3O. The fourth-order valence-corrected chi connectivity index (χ4v) is 2.38. The predicted molar refractivity (Wildman–Crippen MR) is 85.8 cm³/mol. The van der Waals surface area contributed by atoms with Crippen molar-refractivity contribution < 1.29 is 5.11 Å². The molecule has 0 amide bonds. The highest BCUT2D eigenvalue weighted by Gasteiger charge is 2.14. The highest BCUT2D eigenvalue weighted by molar-refractivity contribution is 5.77. The number of aromatic nitrogens is 2. The Hall–Kier alpha value is -2.49. The molecule has 3 rings (SSSR count). The molecule has 0 saturated heterocycles. The molecule has 0 radical (unpaired) electrons. The smallest absolute Gasteiger partial charge is 0.139 e. The number of rotatable bonds is 3. The number of fused-ring (bicyclic) bond motifs is 1. The third-order valence-corrected chi connectivity index (χ3v) is 3.35. The SMILES string of the molecule is Cc1ccn2c(NC(C)C)c(-c3ccc(O)cc3)nc2c1. The standard InChI is InChI=1S/C17H19N3O/c1-11(2)18-17-16(13-4-6-14(21)7-5-13)19-15-10-12(3)8-9-20(15)17/h4-11,18,21H,1-3H3. The summed E-state index contributed by atoms with van der Waals surface area (Å²) in [5, 5.41) is 12.9. The maximum Gasteiger partial charge on any atom is 0.139 e.